The number of aryl methyl sites for hydroxylation is 1. The van der Waals surface area contributed by atoms with E-state index >= 15 is 0 Å². The number of aromatic hydroxyl groups is 1. The third-order valence-electron chi connectivity index (χ3n) is 3.81. The van der Waals surface area contributed by atoms with E-state index in [9.17, 15) is 9.90 Å². The van der Waals surface area contributed by atoms with Gasteiger partial charge in [0, 0.05) is 5.56 Å². The predicted molar refractivity (Wildman–Crippen MR) is 87.6 cm³/mol. The Bertz CT molecular complexity index is 750. The largest absolute Gasteiger partial charge is 0.508 e. The fourth-order valence-corrected chi connectivity index (χ4v) is 3.43. The Morgan fingerprint density at radius 3 is 2.61 bits per heavy atom. The van der Waals surface area contributed by atoms with Crippen molar-refractivity contribution >= 4 is 29.2 Å². The number of phenolic OH excluding ortho intramolecular Hbond substituents is 1. The van der Waals surface area contributed by atoms with Crippen LogP contribution >= 0.6 is 23.2 Å². The summed E-state index contributed by atoms with van der Waals surface area (Å²) in [5.74, 6) is 0.330. The Kier molecular flexibility index (Phi) is 4.37. The molecule has 1 unspecified atom stereocenters. The van der Waals surface area contributed by atoms with Crippen LogP contribution in [0.15, 0.2) is 30.3 Å². The average molecular weight is 353 g/mol. The first-order valence-electron chi connectivity index (χ1n) is 7.05. The van der Waals surface area contributed by atoms with Gasteiger partial charge in [0.1, 0.15) is 17.6 Å². The fourth-order valence-electron chi connectivity index (χ4n) is 2.72. The predicted octanol–water partition coefficient (Wildman–Crippen LogP) is 4.55. The molecule has 3 rings (SSSR count). The highest BCUT2D eigenvalue weighted by molar-refractivity contribution is 6.36. The number of fused-ring (bicyclic) bond motifs is 1. The molecule has 0 spiro atoms. The van der Waals surface area contributed by atoms with Crippen LogP contribution in [0, 0.1) is 0 Å². The summed E-state index contributed by atoms with van der Waals surface area (Å²) in [6.07, 6.45) is 1.09. The van der Waals surface area contributed by atoms with Gasteiger partial charge in [-0.1, -0.05) is 23.2 Å². The number of methoxy groups -OCH3 is 1. The Labute approximate surface area is 143 Å². The van der Waals surface area contributed by atoms with E-state index in [4.69, 9.17) is 32.7 Å². The zero-order chi connectivity index (χ0) is 16.6. The normalized spacial score (nSPS) is 16.4. The first-order valence-corrected chi connectivity index (χ1v) is 7.81. The van der Waals surface area contributed by atoms with Crippen molar-refractivity contribution in [2.75, 3.05) is 7.11 Å². The third kappa shape index (κ3) is 3.09. The summed E-state index contributed by atoms with van der Waals surface area (Å²) in [5.41, 5.74) is 2.10. The van der Waals surface area contributed by atoms with Gasteiger partial charge in [-0.15, -0.1) is 0 Å². The van der Waals surface area contributed by atoms with Crippen LogP contribution in [0.5, 0.6) is 11.5 Å². The molecule has 0 aliphatic carbocycles. The highest BCUT2D eigenvalue weighted by Crippen LogP contribution is 2.42. The first kappa shape index (κ1) is 16.0. The maximum absolute atomic E-state index is 11.6. The number of halogens is 2. The van der Waals surface area contributed by atoms with Gasteiger partial charge >= 0.3 is 5.97 Å². The van der Waals surface area contributed by atoms with Gasteiger partial charge in [0.25, 0.3) is 0 Å². The highest BCUT2D eigenvalue weighted by atomic mass is 35.5. The molecule has 2 aromatic carbocycles. The second kappa shape index (κ2) is 6.30. The molecule has 1 atom stereocenters. The standard InChI is InChI=1S/C17H14Cl2O4/c1-22-17(21)10-3-4-14-9(6-10)2-5-15(23-14)16-12(18)7-11(20)8-13(16)19/h3-4,6-8,15,20H,2,5H2,1H3. The topological polar surface area (TPSA) is 55.8 Å². The lowest BCUT2D eigenvalue weighted by Crippen LogP contribution is -2.16. The van der Waals surface area contributed by atoms with Gasteiger partial charge in [-0.05, 0) is 48.7 Å². The average Bonchev–Trinajstić information content (AvgIpc) is 2.52. The molecule has 23 heavy (non-hydrogen) atoms. The zero-order valence-electron chi connectivity index (χ0n) is 12.3. The monoisotopic (exact) mass is 352 g/mol. The summed E-state index contributed by atoms with van der Waals surface area (Å²) in [5, 5.41) is 10.3. The number of benzene rings is 2. The number of carbonyl (C=O) groups is 1. The third-order valence-corrected chi connectivity index (χ3v) is 4.44. The van der Waals surface area contributed by atoms with Crippen LogP contribution in [0.1, 0.15) is 34.0 Å². The van der Waals surface area contributed by atoms with Gasteiger partial charge < -0.3 is 14.6 Å². The number of carbonyl (C=O) groups excluding carboxylic acids is 1. The zero-order valence-corrected chi connectivity index (χ0v) is 13.8. The van der Waals surface area contributed by atoms with E-state index in [-0.39, 0.29) is 17.8 Å². The SMILES string of the molecule is COC(=O)c1ccc2c(c1)CCC(c1c(Cl)cc(O)cc1Cl)O2. The first-order chi connectivity index (χ1) is 11.0. The van der Waals surface area contributed by atoms with E-state index in [1.165, 1.54) is 19.2 Å². The molecule has 0 amide bonds. The molecular formula is C17H14Cl2O4. The number of rotatable bonds is 2. The van der Waals surface area contributed by atoms with E-state index < -0.39 is 0 Å². The lowest BCUT2D eigenvalue weighted by molar-refractivity contribution is 0.0600. The van der Waals surface area contributed by atoms with Crippen molar-refractivity contribution in [3.63, 3.8) is 0 Å². The minimum absolute atomic E-state index is 0.0164. The van der Waals surface area contributed by atoms with Gasteiger partial charge in [-0.2, -0.15) is 0 Å². The van der Waals surface area contributed by atoms with Crippen LogP contribution in [0.3, 0.4) is 0 Å². The van der Waals surface area contributed by atoms with Crippen LogP contribution in [0.25, 0.3) is 0 Å². The fraction of sp³-hybridized carbons (Fsp3) is 0.235. The molecule has 0 saturated carbocycles. The summed E-state index contributed by atoms with van der Waals surface area (Å²) in [4.78, 5) is 11.6. The molecule has 0 fully saturated rings. The molecular weight excluding hydrogens is 339 g/mol. The molecule has 4 nitrogen and oxygen atoms in total. The van der Waals surface area contributed by atoms with Gasteiger partial charge in [0.15, 0.2) is 0 Å². The molecule has 1 heterocycles. The Hall–Kier alpha value is -1.91. The smallest absolute Gasteiger partial charge is 0.337 e. The van der Waals surface area contributed by atoms with E-state index in [1.807, 2.05) is 0 Å². The molecule has 0 radical (unpaired) electrons. The second-order valence-corrected chi connectivity index (χ2v) is 6.10. The highest BCUT2D eigenvalue weighted by Gasteiger charge is 2.26. The van der Waals surface area contributed by atoms with Crippen LogP contribution in [0.2, 0.25) is 10.0 Å². The van der Waals surface area contributed by atoms with Crippen LogP contribution < -0.4 is 4.74 Å². The molecule has 2 aromatic rings. The number of hydrogen-bond donors (Lipinski definition) is 1. The molecule has 1 N–H and O–H groups in total. The van der Waals surface area contributed by atoms with Crippen molar-refractivity contribution in [2.24, 2.45) is 0 Å². The van der Waals surface area contributed by atoms with Gasteiger partial charge in [0.2, 0.25) is 0 Å². The van der Waals surface area contributed by atoms with Gasteiger partial charge in [0.05, 0.1) is 22.7 Å². The summed E-state index contributed by atoms with van der Waals surface area (Å²) in [6.45, 7) is 0. The van der Waals surface area contributed by atoms with Crippen molar-refractivity contribution in [3.8, 4) is 11.5 Å². The van der Waals surface area contributed by atoms with Gasteiger partial charge in [-0.3, -0.25) is 0 Å². The van der Waals surface area contributed by atoms with Crippen molar-refractivity contribution < 1.29 is 19.4 Å². The second-order valence-electron chi connectivity index (χ2n) is 5.28. The van der Waals surface area contributed by atoms with Crippen LogP contribution in [-0.2, 0) is 11.2 Å². The molecule has 0 aromatic heterocycles. The van der Waals surface area contributed by atoms with Crippen molar-refractivity contribution in [1.82, 2.24) is 0 Å². The van der Waals surface area contributed by atoms with Gasteiger partial charge in [-0.25, -0.2) is 4.79 Å². The minimum Gasteiger partial charge on any atom is -0.508 e. The summed E-state index contributed by atoms with van der Waals surface area (Å²) in [7, 11) is 1.35. The van der Waals surface area contributed by atoms with Crippen molar-refractivity contribution in [1.29, 1.82) is 0 Å². The Morgan fingerprint density at radius 2 is 1.96 bits per heavy atom. The summed E-state index contributed by atoms with van der Waals surface area (Å²) >= 11 is 12.4. The van der Waals surface area contributed by atoms with E-state index in [1.54, 1.807) is 18.2 Å². The van der Waals surface area contributed by atoms with Crippen molar-refractivity contribution in [3.05, 3.63) is 57.1 Å². The Balaban J connectivity index is 1.91. The molecule has 1 aliphatic rings. The van der Waals surface area contributed by atoms with Crippen molar-refractivity contribution in [2.45, 2.75) is 18.9 Å². The quantitative estimate of drug-likeness (QED) is 0.805. The summed E-state index contributed by atoms with van der Waals surface area (Å²) in [6, 6.07) is 8.07. The number of esters is 1. The molecule has 0 bridgehead atoms. The Morgan fingerprint density at radius 1 is 1.26 bits per heavy atom. The molecule has 6 heteroatoms. The molecule has 1 aliphatic heterocycles. The maximum atomic E-state index is 11.6. The van der Waals surface area contributed by atoms with E-state index in [2.05, 4.69) is 0 Å². The molecule has 120 valence electrons. The lowest BCUT2D eigenvalue weighted by atomic mass is 9.96. The van der Waals surface area contributed by atoms with Crippen LogP contribution in [0.4, 0.5) is 0 Å². The van der Waals surface area contributed by atoms with E-state index in [0.717, 1.165) is 12.0 Å². The lowest BCUT2D eigenvalue weighted by Gasteiger charge is -2.28. The number of ether oxygens (including phenoxy) is 2. The molecule has 0 saturated heterocycles. The summed E-state index contributed by atoms with van der Waals surface area (Å²) < 4.78 is 10.7. The minimum atomic E-state index is -0.375. The number of hydrogen-bond acceptors (Lipinski definition) is 4. The van der Waals surface area contributed by atoms with E-state index in [0.29, 0.717) is 33.3 Å². The maximum Gasteiger partial charge on any atom is 0.337 e. The number of phenols is 1. The van der Waals surface area contributed by atoms with Crippen LogP contribution in [-0.4, -0.2) is 18.2 Å².